The van der Waals surface area contributed by atoms with Gasteiger partial charge in [0.25, 0.3) is 5.92 Å². The Kier molecular flexibility index (Phi) is 4.96. The van der Waals surface area contributed by atoms with Crippen LogP contribution in [0.1, 0.15) is 10.5 Å². The molecule has 1 N–H and O–H groups in total. The van der Waals surface area contributed by atoms with Gasteiger partial charge in [0.1, 0.15) is 17.6 Å². The predicted molar refractivity (Wildman–Crippen MR) is 82.4 cm³/mol. The Hall–Kier alpha value is -2.82. The van der Waals surface area contributed by atoms with Gasteiger partial charge in [0.05, 0.1) is 19.3 Å². The van der Waals surface area contributed by atoms with E-state index in [1.807, 2.05) is 0 Å². The number of ether oxygens (including phenoxy) is 1. The summed E-state index contributed by atoms with van der Waals surface area (Å²) in [4.78, 5) is 19.9. The molecule has 27 heavy (non-hydrogen) atoms. The molecule has 0 amide bonds. The van der Waals surface area contributed by atoms with Crippen LogP contribution in [-0.4, -0.2) is 52.8 Å². The van der Waals surface area contributed by atoms with E-state index in [4.69, 9.17) is 5.11 Å². The van der Waals surface area contributed by atoms with Crippen LogP contribution < -0.4 is 4.90 Å². The summed E-state index contributed by atoms with van der Waals surface area (Å²) in [6, 6.07) is 2.98. The average Bonchev–Trinajstić information content (AvgIpc) is 2.60. The van der Waals surface area contributed by atoms with Gasteiger partial charge in [-0.2, -0.15) is 8.78 Å². The smallest absolute Gasteiger partial charge is 0.356 e. The standard InChI is InChI=1S/C16H12F5N3O3/c17-9-3-1-8(2-4-9)12-13(22-5-10(23-12)14(25)26)24-7-16(20,21)11(24)6-27-15(18)19/h1-5,11,15H,6-7H2,(H,25,26). The quantitative estimate of drug-likeness (QED) is 0.766. The number of benzene rings is 1. The summed E-state index contributed by atoms with van der Waals surface area (Å²) in [5.74, 6) is -5.41. The van der Waals surface area contributed by atoms with Crippen LogP contribution in [0, 0.1) is 5.82 Å². The normalized spacial score (nSPS) is 18.4. The second-order valence-electron chi connectivity index (χ2n) is 5.74. The van der Waals surface area contributed by atoms with Crippen molar-refractivity contribution >= 4 is 11.8 Å². The van der Waals surface area contributed by atoms with E-state index in [1.54, 1.807) is 0 Å². The number of aromatic nitrogens is 2. The van der Waals surface area contributed by atoms with Crippen molar-refractivity contribution in [1.82, 2.24) is 9.97 Å². The average molecular weight is 389 g/mol. The largest absolute Gasteiger partial charge is 0.476 e. The molecule has 1 aromatic carbocycles. The number of hydrogen-bond donors (Lipinski definition) is 1. The molecule has 0 spiro atoms. The van der Waals surface area contributed by atoms with Crippen molar-refractivity contribution in [2.45, 2.75) is 18.6 Å². The third-order valence-electron chi connectivity index (χ3n) is 3.99. The maximum atomic E-state index is 13.8. The maximum absolute atomic E-state index is 13.8. The van der Waals surface area contributed by atoms with Crippen LogP contribution in [0.15, 0.2) is 30.5 Å². The minimum absolute atomic E-state index is 0.0903. The van der Waals surface area contributed by atoms with E-state index < -0.39 is 49.2 Å². The Bertz CT molecular complexity index is 848. The molecule has 0 aliphatic carbocycles. The number of aromatic carboxylic acids is 1. The highest BCUT2D eigenvalue weighted by molar-refractivity contribution is 5.87. The molecule has 11 heteroatoms. The second kappa shape index (κ2) is 7.06. The topological polar surface area (TPSA) is 75.5 Å². The van der Waals surface area contributed by atoms with Gasteiger partial charge in [-0.3, -0.25) is 0 Å². The number of carbonyl (C=O) groups is 1. The summed E-state index contributed by atoms with van der Waals surface area (Å²) < 4.78 is 69.3. The summed E-state index contributed by atoms with van der Waals surface area (Å²) in [5.41, 5.74) is -0.316. The Labute approximate surface area is 149 Å². The molecule has 1 unspecified atom stereocenters. The third kappa shape index (κ3) is 3.82. The molecular formula is C16H12F5N3O3. The fourth-order valence-electron chi connectivity index (χ4n) is 2.65. The molecule has 1 saturated heterocycles. The zero-order chi connectivity index (χ0) is 19.8. The highest BCUT2D eigenvalue weighted by Gasteiger charge is 2.56. The van der Waals surface area contributed by atoms with E-state index in [2.05, 4.69) is 14.7 Å². The molecule has 2 heterocycles. The Balaban J connectivity index is 2.01. The molecule has 1 aromatic heterocycles. The molecule has 1 atom stereocenters. The van der Waals surface area contributed by atoms with Crippen molar-refractivity contribution in [3.05, 3.63) is 42.0 Å². The molecule has 0 bridgehead atoms. The van der Waals surface area contributed by atoms with Gasteiger partial charge in [0.2, 0.25) is 0 Å². The summed E-state index contributed by atoms with van der Waals surface area (Å²) in [6.07, 6.45) is 0.867. The van der Waals surface area contributed by atoms with Gasteiger partial charge in [-0.1, -0.05) is 0 Å². The van der Waals surface area contributed by atoms with E-state index >= 15 is 0 Å². The van der Waals surface area contributed by atoms with Crippen molar-refractivity contribution in [2.24, 2.45) is 0 Å². The number of nitrogens with zero attached hydrogens (tertiary/aromatic N) is 3. The number of carboxylic acids is 1. The van der Waals surface area contributed by atoms with Crippen LogP contribution in [0.3, 0.4) is 0 Å². The lowest BCUT2D eigenvalue weighted by atomic mass is 9.97. The van der Waals surface area contributed by atoms with Crippen LogP contribution in [-0.2, 0) is 4.74 Å². The fourth-order valence-corrected chi connectivity index (χ4v) is 2.65. The predicted octanol–water partition coefficient (Wildman–Crippen LogP) is 3.04. The first-order chi connectivity index (χ1) is 12.7. The molecule has 6 nitrogen and oxygen atoms in total. The number of rotatable bonds is 6. The Morgan fingerprint density at radius 3 is 2.56 bits per heavy atom. The van der Waals surface area contributed by atoms with Crippen molar-refractivity contribution in [3.63, 3.8) is 0 Å². The first-order valence-electron chi connectivity index (χ1n) is 7.59. The zero-order valence-electron chi connectivity index (χ0n) is 13.5. The van der Waals surface area contributed by atoms with Crippen LogP contribution in [0.2, 0.25) is 0 Å². The fraction of sp³-hybridized carbons (Fsp3) is 0.312. The van der Waals surface area contributed by atoms with Crippen LogP contribution in [0.4, 0.5) is 27.8 Å². The summed E-state index contributed by atoms with van der Waals surface area (Å²) in [7, 11) is 0. The monoisotopic (exact) mass is 389 g/mol. The van der Waals surface area contributed by atoms with Gasteiger partial charge < -0.3 is 14.7 Å². The zero-order valence-corrected chi connectivity index (χ0v) is 13.5. The highest BCUT2D eigenvalue weighted by atomic mass is 19.3. The number of hydrogen-bond acceptors (Lipinski definition) is 5. The van der Waals surface area contributed by atoms with E-state index in [9.17, 15) is 26.7 Å². The van der Waals surface area contributed by atoms with Crippen molar-refractivity contribution in [1.29, 1.82) is 0 Å². The maximum Gasteiger partial charge on any atom is 0.356 e. The number of alkyl halides is 4. The van der Waals surface area contributed by atoms with Crippen molar-refractivity contribution in [3.8, 4) is 11.3 Å². The molecule has 1 aliphatic rings. The lowest BCUT2D eigenvalue weighted by molar-refractivity contribution is -0.166. The van der Waals surface area contributed by atoms with Gasteiger partial charge >= 0.3 is 12.6 Å². The molecule has 2 aromatic rings. The lowest BCUT2D eigenvalue weighted by Crippen LogP contribution is -2.67. The van der Waals surface area contributed by atoms with Crippen molar-refractivity contribution in [2.75, 3.05) is 18.1 Å². The SMILES string of the molecule is O=C(O)c1cnc(N2CC(F)(F)C2COC(F)F)c(-c2ccc(F)cc2)n1. The molecule has 0 radical (unpaired) electrons. The Morgan fingerprint density at radius 2 is 2.00 bits per heavy atom. The van der Waals surface area contributed by atoms with Crippen LogP contribution in [0.25, 0.3) is 11.3 Å². The van der Waals surface area contributed by atoms with Gasteiger partial charge in [-0.25, -0.2) is 27.9 Å². The van der Waals surface area contributed by atoms with Crippen molar-refractivity contribution < 1.29 is 36.6 Å². The van der Waals surface area contributed by atoms with E-state index in [0.717, 1.165) is 23.2 Å². The van der Waals surface area contributed by atoms with Gasteiger partial charge in [-0.15, -0.1) is 0 Å². The second-order valence-corrected chi connectivity index (χ2v) is 5.74. The van der Waals surface area contributed by atoms with E-state index in [-0.39, 0.29) is 17.1 Å². The van der Waals surface area contributed by atoms with E-state index in [0.29, 0.717) is 0 Å². The van der Waals surface area contributed by atoms with Gasteiger partial charge in [-0.05, 0) is 24.3 Å². The Morgan fingerprint density at radius 1 is 1.33 bits per heavy atom. The van der Waals surface area contributed by atoms with Gasteiger partial charge in [0.15, 0.2) is 11.5 Å². The molecule has 0 saturated carbocycles. The molecule has 3 rings (SSSR count). The number of halogens is 5. The molecular weight excluding hydrogens is 377 g/mol. The minimum atomic E-state index is -3.30. The first kappa shape index (κ1) is 19.0. The number of carboxylic acid groups (broad SMARTS) is 1. The van der Waals surface area contributed by atoms with Gasteiger partial charge in [0, 0.05) is 5.56 Å². The summed E-state index contributed by atoms with van der Waals surface area (Å²) >= 11 is 0. The molecule has 1 aliphatic heterocycles. The summed E-state index contributed by atoms with van der Waals surface area (Å²) in [5, 5.41) is 9.08. The minimum Gasteiger partial charge on any atom is -0.476 e. The summed E-state index contributed by atoms with van der Waals surface area (Å²) in [6.45, 7) is -5.02. The first-order valence-corrected chi connectivity index (χ1v) is 7.59. The highest BCUT2D eigenvalue weighted by Crippen LogP contribution is 2.41. The third-order valence-corrected chi connectivity index (χ3v) is 3.99. The van der Waals surface area contributed by atoms with E-state index in [1.165, 1.54) is 12.1 Å². The van der Waals surface area contributed by atoms with Crippen LogP contribution in [0.5, 0.6) is 0 Å². The van der Waals surface area contributed by atoms with Crippen LogP contribution >= 0.6 is 0 Å². The molecule has 1 fully saturated rings. The lowest BCUT2D eigenvalue weighted by Gasteiger charge is -2.48. The molecule has 144 valence electrons. The number of anilines is 1.